The Balaban J connectivity index is 1.73. The molecule has 0 unspecified atom stereocenters. The number of aliphatic imine (C=N–C) groups is 1. The third-order valence-electron chi connectivity index (χ3n) is 4.55. The van der Waals surface area contributed by atoms with Crippen LogP contribution in [-0.4, -0.2) is 17.7 Å². The number of amidine groups is 1. The molecule has 0 aromatic heterocycles. The first-order chi connectivity index (χ1) is 14.5. The van der Waals surface area contributed by atoms with Crippen molar-refractivity contribution in [3.05, 3.63) is 75.7 Å². The summed E-state index contributed by atoms with van der Waals surface area (Å²) in [6.07, 6.45) is 7.18. The fraction of sp³-hybridized carbons (Fsp3) is 0.0833. The second-order valence-electron chi connectivity index (χ2n) is 6.60. The normalized spacial score (nSPS) is 16.1. The van der Waals surface area contributed by atoms with Crippen molar-refractivity contribution >= 4 is 57.0 Å². The number of fused-ring (bicyclic) bond motifs is 1. The van der Waals surface area contributed by atoms with E-state index in [2.05, 4.69) is 16.2 Å². The molecule has 3 aromatic rings. The van der Waals surface area contributed by atoms with Crippen LogP contribution >= 0.6 is 23.4 Å². The zero-order chi connectivity index (χ0) is 21.1. The molecule has 1 aliphatic rings. The van der Waals surface area contributed by atoms with E-state index in [0.29, 0.717) is 20.8 Å². The summed E-state index contributed by atoms with van der Waals surface area (Å²) in [5, 5.41) is 6.02. The molecular weight excluding hydrogens is 416 g/mol. The predicted molar refractivity (Wildman–Crippen MR) is 125 cm³/mol. The van der Waals surface area contributed by atoms with Gasteiger partial charge in [-0.15, -0.1) is 6.42 Å². The van der Waals surface area contributed by atoms with Gasteiger partial charge >= 0.3 is 0 Å². The number of aryl methyl sites for hydroxylation is 1. The maximum Gasteiger partial charge on any atom is 0.264 e. The van der Waals surface area contributed by atoms with Gasteiger partial charge in [0.25, 0.3) is 5.91 Å². The number of ether oxygens (including phenoxy) is 1. The smallest absolute Gasteiger partial charge is 0.264 e. The molecule has 4 rings (SSSR count). The monoisotopic (exact) mass is 432 g/mol. The number of benzene rings is 3. The van der Waals surface area contributed by atoms with E-state index < -0.39 is 0 Å². The molecule has 1 saturated heterocycles. The first-order valence-corrected chi connectivity index (χ1v) is 10.4. The van der Waals surface area contributed by atoms with Crippen molar-refractivity contribution in [3.8, 4) is 18.1 Å². The Labute approximate surface area is 184 Å². The number of carbonyl (C=O) groups excluding carboxylic acids is 1. The topological polar surface area (TPSA) is 50.7 Å². The summed E-state index contributed by atoms with van der Waals surface area (Å²) >= 11 is 7.30. The van der Waals surface area contributed by atoms with E-state index in [1.54, 1.807) is 6.07 Å². The van der Waals surface area contributed by atoms with Crippen LogP contribution in [0.2, 0.25) is 5.02 Å². The van der Waals surface area contributed by atoms with Crippen LogP contribution in [0, 0.1) is 19.3 Å². The molecule has 1 fully saturated rings. The minimum absolute atomic E-state index is 0.149. The fourth-order valence-electron chi connectivity index (χ4n) is 3.14. The molecule has 1 aliphatic heterocycles. The van der Waals surface area contributed by atoms with Crippen LogP contribution in [-0.2, 0) is 4.79 Å². The largest absolute Gasteiger partial charge is 0.480 e. The minimum Gasteiger partial charge on any atom is -0.480 e. The molecule has 30 heavy (non-hydrogen) atoms. The highest BCUT2D eigenvalue weighted by atomic mass is 35.5. The Hall–Kier alpha value is -3.20. The van der Waals surface area contributed by atoms with Gasteiger partial charge in [-0.3, -0.25) is 4.79 Å². The number of rotatable bonds is 4. The van der Waals surface area contributed by atoms with Crippen molar-refractivity contribution in [1.82, 2.24) is 5.32 Å². The number of hydrogen-bond acceptors (Lipinski definition) is 4. The predicted octanol–water partition coefficient (Wildman–Crippen LogP) is 5.71. The molecule has 1 amide bonds. The highest BCUT2D eigenvalue weighted by Gasteiger charge is 2.25. The van der Waals surface area contributed by atoms with Crippen molar-refractivity contribution in [2.24, 2.45) is 4.99 Å². The number of carbonyl (C=O) groups is 1. The Morgan fingerprint density at radius 2 is 2.07 bits per heavy atom. The Morgan fingerprint density at radius 1 is 1.23 bits per heavy atom. The van der Waals surface area contributed by atoms with Gasteiger partial charge in [0.05, 0.1) is 10.6 Å². The number of nitrogens with one attached hydrogen (secondary N) is 1. The van der Waals surface area contributed by atoms with Gasteiger partial charge in [-0.05, 0) is 65.4 Å². The summed E-state index contributed by atoms with van der Waals surface area (Å²) in [5.41, 5.74) is 2.50. The summed E-state index contributed by atoms with van der Waals surface area (Å²) < 4.78 is 5.72. The van der Waals surface area contributed by atoms with Crippen LogP contribution in [0.3, 0.4) is 0 Å². The second kappa shape index (κ2) is 8.66. The summed E-state index contributed by atoms with van der Waals surface area (Å²) in [5.74, 6) is 2.91. The molecule has 0 spiro atoms. The van der Waals surface area contributed by atoms with Gasteiger partial charge in [0.15, 0.2) is 5.17 Å². The van der Waals surface area contributed by atoms with Crippen molar-refractivity contribution in [2.45, 2.75) is 6.92 Å². The summed E-state index contributed by atoms with van der Waals surface area (Å²) in [6.45, 7) is 2.07. The van der Waals surface area contributed by atoms with Gasteiger partial charge in [0.2, 0.25) is 0 Å². The highest BCUT2D eigenvalue weighted by Crippen LogP contribution is 2.35. The average molecular weight is 433 g/mol. The third-order valence-corrected chi connectivity index (χ3v) is 5.69. The zero-order valence-corrected chi connectivity index (χ0v) is 17.7. The van der Waals surface area contributed by atoms with Crippen LogP contribution in [0.5, 0.6) is 5.75 Å². The molecule has 148 valence electrons. The Morgan fingerprint density at radius 3 is 2.87 bits per heavy atom. The fourth-order valence-corrected chi connectivity index (χ4v) is 4.18. The van der Waals surface area contributed by atoms with Crippen LogP contribution < -0.4 is 10.1 Å². The molecule has 0 atom stereocenters. The van der Waals surface area contributed by atoms with E-state index in [1.165, 1.54) is 11.8 Å². The Bertz CT molecular complexity index is 1260. The molecule has 0 radical (unpaired) electrons. The van der Waals surface area contributed by atoms with E-state index in [0.717, 1.165) is 27.6 Å². The number of amides is 1. The van der Waals surface area contributed by atoms with Gasteiger partial charge in [-0.2, -0.15) is 0 Å². The molecule has 3 aromatic carbocycles. The third kappa shape index (κ3) is 4.20. The van der Waals surface area contributed by atoms with Crippen LogP contribution in [0.4, 0.5) is 5.69 Å². The molecule has 0 bridgehead atoms. The van der Waals surface area contributed by atoms with Gasteiger partial charge in [-0.25, -0.2) is 4.99 Å². The molecule has 4 nitrogen and oxygen atoms in total. The number of halogens is 1. The lowest BCUT2D eigenvalue weighted by atomic mass is 10.0. The summed E-state index contributed by atoms with van der Waals surface area (Å²) in [6, 6.07) is 17.2. The molecule has 6 heteroatoms. The molecule has 0 aliphatic carbocycles. The number of thioether (sulfide) groups is 1. The second-order valence-corrected chi connectivity index (χ2v) is 8.07. The minimum atomic E-state index is -0.207. The molecule has 1 N–H and O–H groups in total. The van der Waals surface area contributed by atoms with Crippen LogP contribution in [0.1, 0.15) is 11.1 Å². The number of hydrogen-bond donors (Lipinski definition) is 1. The van der Waals surface area contributed by atoms with Crippen LogP contribution in [0.15, 0.2) is 64.5 Å². The van der Waals surface area contributed by atoms with Gasteiger partial charge in [0, 0.05) is 10.6 Å². The van der Waals surface area contributed by atoms with Crippen molar-refractivity contribution in [3.63, 3.8) is 0 Å². The van der Waals surface area contributed by atoms with Gasteiger partial charge < -0.3 is 10.1 Å². The van der Waals surface area contributed by atoms with Crippen LogP contribution in [0.25, 0.3) is 16.8 Å². The van der Waals surface area contributed by atoms with Gasteiger partial charge in [-0.1, -0.05) is 47.9 Å². The van der Waals surface area contributed by atoms with E-state index in [9.17, 15) is 4.79 Å². The van der Waals surface area contributed by atoms with Gasteiger partial charge in [0.1, 0.15) is 12.4 Å². The number of terminal acetylenes is 1. The molecule has 0 saturated carbocycles. The van der Waals surface area contributed by atoms with E-state index in [-0.39, 0.29) is 12.5 Å². The van der Waals surface area contributed by atoms with E-state index in [1.807, 2.05) is 61.5 Å². The van der Waals surface area contributed by atoms with Crippen molar-refractivity contribution < 1.29 is 9.53 Å². The molecule has 1 heterocycles. The first kappa shape index (κ1) is 20.1. The van der Waals surface area contributed by atoms with Crippen molar-refractivity contribution in [1.29, 1.82) is 0 Å². The quantitative estimate of drug-likeness (QED) is 0.424. The average Bonchev–Trinajstić information content (AvgIpc) is 3.08. The highest BCUT2D eigenvalue weighted by molar-refractivity contribution is 8.18. The maximum absolute atomic E-state index is 12.6. The van der Waals surface area contributed by atoms with E-state index in [4.69, 9.17) is 22.8 Å². The SMILES string of the molecule is C#CCOc1ccc2ccccc2c1/C=C1\SC(=Nc2ccc(Cl)cc2C)NC1=O. The standard InChI is InChI=1S/C24H17ClN2O2S/c1-3-12-29-21-11-8-16-6-4-5-7-18(16)19(21)14-22-23(28)27-24(30-22)26-20-10-9-17(25)13-15(20)2/h1,4-11,13-14H,12H2,2H3,(H,26,27,28)/b22-14-. The summed E-state index contributed by atoms with van der Waals surface area (Å²) in [4.78, 5) is 17.7. The zero-order valence-electron chi connectivity index (χ0n) is 16.1. The Kier molecular flexibility index (Phi) is 5.80. The molecular formula is C24H17ClN2O2S. The van der Waals surface area contributed by atoms with E-state index >= 15 is 0 Å². The maximum atomic E-state index is 12.6. The first-order valence-electron chi connectivity index (χ1n) is 9.19. The van der Waals surface area contributed by atoms with Crippen molar-refractivity contribution in [2.75, 3.05) is 6.61 Å². The lowest BCUT2D eigenvalue weighted by molar-refractivity contribution is -0.115. The number of nitrogens with zero attached hydrogens (tertiary/aromatic N) is 1. The summed E-state index contributed by atoms with van der Waals surface area (Å²) in [7, 11) is 0. The lowest BCUT2D eigenvalue weighted by Gasteiger charge is -2.10. The lowest BCUT2D eigenvalue weighted by Crippen LogP contribution is -2.19.